The van der Waals surface area contributed by atoms with E-state index in [0.717, 1.165) is 5.56 Å². The molecule has 0 unspecified atom stereocenters. The summed E-state index contributed by atoms with van der Waals surface area (Å²) < 4.78 is 18.3. The van der Waals surface area contributed by atoms with Gasteiger partial charge in [0.25, 0.3) is 11.7 Å². The molecule has 23 heavy (non-hydrogen) atoms. The van der Waals surface area contributed by atoms with Gasteiger partial charge in [0.2, 0.25) is 0 Å². The van der Waals surface area contributed by atoms with Crippen LogP contribution in [0.5, 0.6) is 0 Å². The lowest BCUT2D eigenvalue weighted by molar-refractivity contribution is -0.138. The Kier molecular flexibility index (Phi) is 3.73. The molecule has 1 aliphatic heterocycles. The third-order valence-corrected chi connectivity index (χ3v) is 3.71. The van der Waals surface area contributed by atoms with Gasteiger partial charge in [-0.2, -0.15) is 0 Å². The predicted octanol–water partition coefficient (Wildman–Crippen LogP) is 2.32. The van der Waals surface area contributed by atoms with E-state index in [9.17, 15) is 19.1 Å². The minimum atomic E-state index is -0.703. The van der Waals surface area contributed by atoms with E-state index < -0.39 is 11.7 Å². The van der Waals surface area contributed by atoms with E-state index in [1.54, 1.807) is 18.2 Å². The topological polar surface area (TPSA) is 70.8 Å². The second kappa shape index (κ2) is 5.72. The number of benzene rings is 1. The van der Waals surface area contributed by atoms with Gasteiger partial charge in [0.05, 0.1) is 17.7 Å². The third kappa shape index (κ3) is 2.88. The Morgan fingerprint density at radius 2 is 2.00 bits per heavy atom. The zero-order valence-corrected chi connectivity index (χ0v) is 12.4. The van der Waals surface area contributed by atoms with Crippen LogP contribution in [0.1, 0.15) is 16.9 Å². The van der Waals surface area contributed by atoms with Gasteiger partial charge in [0.15, 0.2) is 0 Å². The highest BCUT2D eigenvalue weighted by atomic mass is 19.1. The number of furan rings is 1. The zero-order chi connectivity index (χ0) is 16.6. The van der Waals surface area contributed by atoms with Gasteiger partial charge in [-0.05, 0) is 23.8 Å². The molecule has 0 atom stereocenters. The molecule has 1 aliphatic rings. The fourth-order valence-electron chi connectivity index (χ4n) is 2.44. The first kappa shape index (κ1) is 15.0. The van der Waals surface area contributed by atoms with E-state index in [1.807, 2.05) is 0 Å². The minimum absolute atomic E-state index is 0.0617. The van der Waals surface area contributed by atoms with Crippen molar-refractivity contribution in [3.63, 3.8) is 0 Å². The molecule has 0 aliphatic carbocycles. The highest BCUT2D eigenvalue weighted by Gasteiger charge is 2.34. The first-order chi connectivity index (χ1) is 11.0. The second-order valence-electron chi connectivity index (χ2n) is 5.42. The van der Waals surface area contributed by atoms with Gasteiger partial charge in [-0.15, -0.1) is 0 Å². The number of carbonyl (C=O) groups excluding carboxylic acids is 2. The monoisotopic (exact) mass is 315 g/mol. The van der Waals surface area contributed by atoms with Crippen LogP contribution in [0, 0.1) is 5.82 Å². The number of aliphatic hydroxyl groups excluding tert-OH is 1. The average molecular weight is 315 g/mol. The van der Waals surface area contributed by atoms with Crippen molar-refractivity contribution in [2.24, 2.45) is 0 Å². The molecule has 3 rings (SSSR count). The molecule has 1 aromatic heterocycles. The highest BCUT2D eigenvalue weighted by molar-refractivity contribution is 6.46. The number of amides is 1. The zero-order valence-electron chi connectivity index (χ0n) is 12.4. The third-order valence-electron chi connectivity index (χ3n) is 3.71. The molecule has 0 spiro atoms. The lowest BCUT2D eigenvalue weighted by Gasteiger charge is -2.03. The summed E-state index contributed by atoms with van der Waals surface area (Å²) in [4.78, 5) is 24.5. The number of likely N-dealkylation sites (N-methyl/N-ethyl adjacent to an activating group) is 1. The number of aliphatic hydroxyl groups is 1. The maximum absolute atomic E-state index is 12.9. The molecule has 1 N–H and O–H groups in total. The number of halogens is 1. The van der Waals surface area contributed by atoms with Crippen molar-refractivity contribution in [1.29, 1.82) is 0 Å². The van der Waals surface area contributed by atoms with Crippen molar-refractivity contribution in [3.05, 3.63) is 64.9 Å². The van der Waals surface area contributed by atoms with Crippen LogP contribution in [0.2, 0.25) is 0 Å². The molecule has 118 valence electrons. The summed E-state index contributed by atoms with van der Waals surface area (Å²) in [6.07, 6.45) is 1.76. The Morgan fingerprint density at radius 1 is 1.30 bits per heavy atom. The first-order valence-corrected chi connectivity index (χ1v) is 7.00. The summed E-state index contributed by atoms with van der Waals surface area (Å²) >= 11 is 0. The summed E-state index contributed by atoms with van der Waals surface area (Å²) in [5.41, 5.74) is 1.26. The van der Waals surface area contributed by atoms with E-state index in [1.165, 1.54) is 30.3 Å². The van der Waals surface area contributed by atoms with Crippen LogP contribution in [-0.2, 0) is 16.0 Å². The normalized spacial score (nSPS) is 17.0. The standard InChI is InChI=1S/C17H14FNO4/c1-19-8-14(16(21)17(19)22)15(20)11-7-13(23-9-11)6-10-2-4-12(18)5-3-10/h2-5,7,9,20H,6,8H2,1H3/b15-14+. The Balaban J connectivity index is 1.83. The van der Waals surface area contributed by atoms with Crippen molar-refractivity contribution < 1.29 is 23.5 Å². The van der Waals surface area contributed by atoms with E-state index in [2.05, 4.69) is 0 Å². The van der Waals surface area contributed by atoms with Crippen LogP contribution in [-0.4, -0.2) is 35.3 Å². The SMILES string of the molecule is CN1C/C(=C(\O)c2coc(Cc3ccc(F)cc3)c2)C(=O)C1=O. The van der Waals surface area contributed by atoms with Gasteiger partial charge >= 0.3 is 0 Å². The molecule has 6 heteroatoms. The Labute approximate surface area is 131 Å². The summed E-state index contributed by atoms with van der Waals surface area (Å²) in [5, 5.41) is 10.2. The number of ketones is 1. The summed E-state index contributed by atoms with van der Waals surface area (Å²) in [6.45, 7) is 0.0714. The molecule has 5 nitrogen and oxygen atoms in total. The fraction of sp³-hybridized carbons (Fsp3) is 0.176. The molecule has 1 aromatic carbocycles. The molecule has 1 amide bonds. The largest absolute Gasteiger partial charge is 0.507 e. The van der Waals surface area contributed by atoms with Crippen LogP contribution in [0.4, 0.5) is 4.39 Å². The van der Waals surface area contributed by atoms with Gasteiger partial charge in [0, 0.05) is 13.5 Å². The molecular formula is C17H14FNO4. The molecule has 1 saturated heterocycles. The maximum atomic E-state index is 12.9. The lowest BCUT2D eigenvalue weighted by Crippen LogP contribution is -2.22. The number of rotatable bonds is 3. The van der Waals surface area contributed by atoms with Gasteiger partial charge in [-0.3, -0.25) is 9.59 Å². The van der Waals surface area contributed by atoms with Crippen LogP contribution in [0.3, 0.4) is 0 Å². The molecule has 0 radical (unpaired) electrons. The first-order valence-electron chi connectivity index (χ1n) is 7.00. The number of likely N-dealkylation sites (tertiary alicyclic amines) is 1. The van der Waals surface area contributed by atoms with Crippen molar-refractivity contribution in [2.75, 3.05) is 13.6 Å². The van der Waals surface area contributed by atoms with Crippen LogP contribution in [0.25, 0.3) is 5.76 Å². The number of nitrogens with zero attached hydrogens (tertiary/aromatic N) is 1. The van der Waals surface area contributed by atoms with Crippen LogP contribution >= 0.6 is 0 Å². The quantitative estimate of drug-likeness (QED) is 0.536. The Hall–Kier alpha value is -2.89. The van der Waals surface area contributed by atoms with E-state index >= 15 is 0 Å². The average Bonchev–Trinajstić information content (AvgIpc) is 3.10. The summed E-state index contributed by atoms with van der Waals surface area (Å²) in [6, 6.07) is 7.60. The predicted molar refractivity (Wildman–Crippen MR) is 80.1 cm³/mol. The Bertz CT molecular complexity index is 804. The Morgan fingerprint density at radius 3 is 2.61 bits per heavy atom. The molecule has 0 saturated carbocycles. The van der Waals surface area contributed by atoms with Crippen LogP contribution in [0.15, 0.2) is 46.6 Å². The maximum Gasteiger partial charge on any atom is 0.294 e. The molecule has 1 fully saturated rings. The second-order valence-corrected chi connectivity index (χ2v) is 5.42. The van der Waals surface area contributed by atoms with Crippen LogP contribution < -0.4 is 0 Å². The van der Waals surface area contributed by atoms with E-state index in [-0.39, 0.29) is 23.7 Å². The fourth-order valence-corrected chi connectivity index (χ4v) is 2.44. The number of carbonyl (C=O) groups is 2. The highest BCUT2D eigenvalue weighted by Crippen LogP contribution is 2.24. The van der Waals surface area contributed by atoms with Gasteiger partial charge in [-0.1, -0.05) is 12.1 Å². The van der Waals surface area contributed by atoms with Gasteiger partial charge in [-0.25, -0.2) is 4.39 Å². The number of hydrogen-bond donors (Lipinski definition) is 1. The molecule has 0 bridgehead atoms. The van der Waals surface area contributed by atoms with Crippen molar-refractivity contribution in [3.8, 4) is 0 Å². The molecular weight excluding hydrogens is 301 g/mol. The van der Waals surface area contributed by atoms with Gasteiger partial charge in [0.1, 0.15) is 23.6 Å². The van der Waals surface area contributed by atoms with Crippen molar-refractivity contribution >= 4 is 17.4 Å². The minimum Gasteiger partial charge on any atom is -0.507 e. The van der Waals surface area contributed by atoms with Crippen molar-refractivity contribution in [2.45, 2.75) is 6.42 Å². The molecule has 2 aromatic rings. The number of Topliss-reactive ketones (excluding diaryl/α,β-unsaturated/α-hetero) is 1. The smallest absolute Gasteiger partial charge is 0.294 e. The lowest BCUT2D eigenvalue weighted by atomic mass is 10.1. The summed E-state index contributed by atoms with van der Waals surface area (Å²) in [5.74, 6) is -1.34. The summed E-state index contributed by atoms with van der Waals surface area (Å²) in [7, 11) is 1.50. The van der Waals surface area contributed by atoms with Crippen molar-refractivity contribution in [1.82, 2.24) is 4.90 Å². The van der Waals surface area contributed by atoms with E-state index in [4.69, 9.17) is 4.42 Å². The van der Waals surface area contributed by atoms with E-state index in [0.29, 0.717) is 17.7 Å². The molecule has 2 heterocycles. The van der Waals surface area contributed by atoms with Gasteiger partial charge < -0.3 is 14.4 Å². The number of hydrogen-bond acceptors (Lipinski definition) is 4.